The Morgan fingerprint density at radius 1 is 1.36 bits per heavy atom. The van der Waals surface area contributed by atoms with Crippen LogP contribution in [0, 0.1) is 19.8 Å². The molecule has 0 saturated carbocycles. The molecule has 120 valence electrons. The summed E-state index contributed by atoms with van der Waals surface area (Å²) in [5, 5.41) is 4.79. The highest BCUT2D eigenvalue weighted by atomic mass is 35.5. The molecule has 0 bridgehead atoms. The van der Waals surface area contributed by atoms with E-state index in [0.717, 1.165) is 27.7 Å². The molecule has 6 heteroatoms. The Morgan fingerprint density at radius 3 is 2.64 bits per heavy atom. The maximum Gasteiger partial charge on any atom is 0.256 e. The third-order valence-electron chi connectivity index (χ3n) is 3.16. The number of rotatable bonds is 4. The normalized spacial score (nSPS) is 10.4. The van der Waals surface area contributed by atoms with E-state index in [1.54, 1.807) is 18.2 Å². The number of nitrogens with two attached hydrogens (primary N) is 1. The molecular formula is C16H22ClN3OS. The second-order valence-electron chi connectivity index (χ2n) is 5.63. The van der Waals surface area contributed by atoms with Crippen molar-refractivity contribution < 1.29 is 4.79 Å². The highest BCUT2D eigenvalue weighted by Gasteiger charge is 2.15. The first kappa shape index (κ1) is 18.5. The maximum absolute atomic E-state index is 12.4. The predicted octanol–water partition coefficient (Wildman–Crippen LogP) is 4.21. The summed E-state index contributed by atoms with van der Waals surface area (Å²) in [5.74, 6) is 0.382. The molecule has 1 amide bonds. The Hall–Kier alpha value is -1.59. The van der Waals surface area contributed by atoms with Crippen molar-refractivity contribution in [1.29, 1.82) is 0 Å². The lowest BCUT2D eigenvalue weighted by Crippen LogP contribution is -2.13. The zero-order valence-electron chi connectivity index (χ0n) is 13.3. The lowest BCUT2D eigenvalue weighted by atomic mass is 10.1. The van der Waals surface area contributed by atoms with Crippen LogP contribution in [0.4, 0.5) is 10.7 Å². The number of benzene rings is 1. The Kier molecular flexibility index (Phi) is 6.38. The van der Waals surface area contributed by atoms with Crippen molar-refractivity contribution in [2.75, 3.05) is 11.1 Å². The smallest absolute Gasteiger partial charge is 0.256 e. The molecule has 4 nitrogen and oxygen atoms in total. The second-order valence-corrected chi connectivity index (χ2v) is 6.84. The van der Waals surface area contributed by atoms with Crippen LogP contribution in [-0.2, 0) is 6.42 Å². The molecule has 0 radical (unpaired) electrons. The molecule has 3 N–H and O–H groups in total. The van der Waals surface area contributed by atoms with E-state index in [4.69, 9.17) is 5.73 Å². The third-order valence-corrected chi connectivity index (χ3v) is 4.09. The second kappa shape index (κ2) is 7.61. The average molecular weight is 340 g/mol. The zero-order valence-corrected chi connectivity index (χ0v) is 14.9. The van der Waals surface area contributed by atoms with Crippen LogP contribution in [0.3, 0.4) is 0 Å². The van der Waals surface area contributed by atoms with Crippen LogP contribution >= 0.6 is 23.7 Å². The lowest BCUT2D eigenvalue weighted by Gasteiger charge is -2.08. The van der Waals surface area contributed by atoms with E-state index in [2.05, 4.69) is 24.1 Å². The van der Waals surface area contributed by atoms with Crippen LogP contribution in [0.1, 0.15) is 40.5 Å². The van der Waals surface area contributed by atoms with Gasteiger partial charge in [-0.1, -0.05) is 13.8 Å². The number of carbonyl (C=O) groups excluding carboxylic acids is 1. The Bertz CT molecular complexity index is 667. The molecule has 0 unspecified atom stereocenters. The van der Waals surface area contributed by atoms with Gasteiger partial charge in [0, 0.05) is 11.3 Å². The van der Waals surface area contributed by atoms with Crippen molar-refractivity contribution in [1.82, 2.24) is 4.98 Å². The van der Waals surface area contributed by atoms with Gasteiger partial charge in [0.15, 0.2) is 0 Å². The Labute approximate surface area is 141 Å². The molecule has 2 aromatic rings. The molecule has 1 aromatic heterocycles. The largest absolute Gasteiger partial charge is 0.399 e. The van der Waals surface area contributed by atoms with Gasteiger partial charge in [0.1, 0.15) is 5.00 Å². The lowest BCUT2D eigenvalue weighted by molar-refractivity contribution is 0.102. The van der Waals surface area contributed by atoms with Gasteiger partial charge in [0.2, 0.25) is 0 Å². The summed E-state index contributed by atoms with van der Waals surface area (Å²) < 4.78 is 0. The summed E-state index contributed by atoms with van der Waals surface area (Å²) in [7, 11) is 0. The quantitative estimate of drug-likeness (QED) is 0.820. The maximum atomic E-state index is 12.4. The summed E-state index contributed by atoms with van der Waals surface area (Å²) >= 11 is 1.52. The van der Waals surface area contributed by atoms with E-state index in [0.29, 0.717) is 17.2 Å². The molecular weight excluding hydrogens is 318 g/mol. The van der Waals surface area contributed by atoms with Crippen LogP contribution in [-0.4, -0.2) is 10.9 Å². The molecule has 0 aliphatic rings. The van der Waals surface area contributed by atoms with E-state index in [9.17, 15) is 4.79 Å². The molecule has 2 rings (SSSR count). The Morgan fingerprint density at radius 2 is 2.05 bits per heavy atom. The number of nitrogen functional groups attached to an aromatic ring is 1. The first-order valence-corrected chi connectivity index (χ1v) is 7.82. The van der Waals surface area contributed by atoms with E-state index in [1.165, 1.54) is 11.3 Å². The molecule has 0 spiro atoms. The zero-order chi connectivity index (χ0) is 15.6. The first-order chi connectivity index (χ1) is 9.86. The number of aromatic nitrogens is 1. The standard InChI is InChI=1S/C16H21N3OS.ClH/c1-9(2)7-14-16(21-11(4)18-14)19-15(20)12-5-6-13(17)10(3)8-12;/h5-6,8-9H,7,17H2,1-4H3,(H,19,20);1H. The molecule has 0 atom stereocenters. The van der Waals surface area contributed by atoms with Gasteiger partial charge in [-0.15, -0.1) is 23.7 Å². The number of thiazole rings is 1. The van der Waals surface area contributed by atoms with E-state index in [-0.39, 0.29) is 18.3 Å². The summed E-state index contributed by atoms with van der Waals surface area (Å²) in [4.78, 5) is 16.9. The number of nitrogens with zero attached hydrogens (tertiary/aromatic N) is 1. The van der Waals surface area contributed by atoms with Crippen LogP contribution in [0.25, 0.3) is 0 Å². The van der Waals surface area contributed by atoms with Crippen molar-refractivity contribution in [3.8, 4) is 0 Å². The minimum Gasteiger partial charge on any atom is -0.399 e. The van der Waals surface area contributed by atoms with Gasteiger partial charge in [-0.2, -0.15) is 0 Å². The number of aryl methyl sites for hydroxylation is 2. The molecule has 1 aromatic carbocycles. The van der Waals surface area contributed by atoms with Crippen molar-refractivity contribution in [3.63, 3.8) is 0 Å². The summed E-state index contributed by atoms with van der Waals surface area (Å²) in [5.41, 5.74) is 8.97. The minimum atomic E-state index is -0.119. The van der Waals surface area contributed by atoms with Gasteiger partial charge in [-0.25, -0.2) is 4.98 Å². The number of halogens is 1. The molecule has 22 heavy (non-hydrogen) atoms. The van der Waals surface area contributed by atoms with Gasteiger partial charge in [0.25, 0.3) is 5.91 Å². The number of carbonyl (C=O) groups is 1. The number of hydrogen-bond donors (Lipinski definition) is 2. The van der Waals surface area contributed by atoms with Crippen molar-refractivity contribution >= 4 is 40.3 Å². The summed E-state index contributed by atoms with van der Waals surface area (Å²) in [6.45, 7) is 8.14. The summed E-state index contributed by atoms with van der Waals surface area (Å²) in [6, 6.07) is 5.31. The van der Waals surface area contributed by atoms with Crippen LogP contribution in [0.2, 0.25) is 0 Å². The molecule has 0 aliphatic carbocycles. The number of nitrogens with one attached hydrogen (secondary N) is 1. The SMILES string of the molecule is Cc1nc(CC(C)C)c(NC(=O)c2ccc(N)c(C)c2)s1.Cl. The fourth-order valence-electron chi connectivity index (χ4n) is 2.09. The van der Waals surface area contributed by atoms with Crippen LogP contribution in [0.15, 0.2) is 18.2 Å². The van der Waals surface area contributed by atoms with Gasteiger partial charge in [-0.3, -0.25) is 4.79 Å². The van der Waals surface area contributed by atoms with Gasteiger partial charge in [-0.05, 0) is 49.9 Å². The number of hydrogen-bond acceptors (Lipinski definition) is 4. The fraction of sp³-hybridized carbons (Fsp3) is 0.375. The van der Waals surface area contributed by atoms with Gasteiger partial charge >= 0.3 is 0 Å². The summed E-state index contributed by atoms with van der Waals surface area (Å²) in [6.07, 6.45) is 0.862. The number of anilines is 2. The predicted molar refractivity (Wildman–Crippen MR) is 96.2 cm³/mol. The molecule has 1 heterocycles. The van der Waals surface area contributed by atoms with Crippen molar-refractivity contribution in [3.05, 3.63) is 40.0 Å². The average Bonchev–Trinajstić information content (AvgIpc) is 2.71. The van der Waals surface area contributed by atoms with Crippen molar-refractivity contribution in [2.45, 2.75) is 34.1 Å². The third kappa shape index (κ3) is 4.45. The van der Waals surface area contributed by atoms with Crippen LogP contribution < -0.4 is 11.1 Å². The minimum absolute atomic E-state index is 0. The molecule has 0 aliphatic heterocycles. The highest BCUT2D eigenvalue weighted by Crippen LogP contribution is 2.27. The molecule has 0 saturated heterocycles. The highest BCUT2D eigenvalue weighted by molar-refractivity contribution is 7.16. The van der Waals surface area contributed by atoms with Crippen molar-refractivity contribution in [2.24, 2.45) is 5.92 Å². The van der Waals surface area contributed by atoms with E-state index < -0.39 is 0 Å². The van der Waals surface area contributed by atoms with Gasteiger partial charge < -0.3 is 11.1 Å². The van der Waals surface area contributed by atoms with E-state index in [1.807, 2.05) is 13.8 Å². The van der Waals surface area contributed by atoms with Crippen LogP contribution in [0.5, 0.6) is 0 Å². The monoisotopic (exact) mass is 339 g/mol. The number of amides is 1. The first-order valence-electron chi connectivity index (χ1n) is 7.00. The Balaban J connectivity index is 0.00000242. The fourth-order valence-corrected chi connectivity index (χ4v) is 2.93. The topological polar surface area (TPSA) is 68.0 Å². The molecule has 0 fully saturated rings. The van der Waals surface area contributed by atoms with Gasteiger partial charge in [0.05, 0.1) is 10.7 Å². The van der Waals surface area contributed by atoms with E-state index >= 15 is 0 Å².